The lowest BCUT2D eigenvalue weighted by atomic mass is 10.2. The van der Waals surface area contributed by atoms with E-state index in [9.17, 15) is 4.79 Å². The van der Waals surface area contributed by atoms with Crippen LogP contribution in [0.15, 0.2) is 67.3 Å². The number of fused-ring (bicyclic) bond motifs is 1. The van der Waals surface area contributed by atoms with E-state index in [-0.39, 0.29) is 5.91 Å². The zero-order valence-corrected chi connectivity index (χ0v) is 18.1. The summed E-state index contributed by atoms with van der Waals surface area (Å²) in [6, 6.07) is 16.1. The van der Waals surface area contributed by atoms with Gasteiger partial charge >= 0.3 is 0 Å². The second-order valence-electron chi connectivity index (χ2n) is 7.84. The zero-order chi connectivity index (χ0) is 21.9. The maximum absolute atomic E-state index is 13.4. The number of rotatable bonds is 6. The van der Waals surface area contributed by atoms with E-state index in [1.54, 1.807) is 13.4 Å². The summed E-state index contributed by atoms with van der Waals surface area (Å²) in [4.78, 5) is 26.9. The van der Waals surface area contributed by atoms with Crippen LogP contribution in [-0.2, 0) is 11.3 Å². The van der Waals surface area contributed by atoms with Crippen molar-refractivity contribution in [2.75, 3.05) is 44.8 Å². The van der Waals surface area contributed by atoms with E-state index >= 15 is 0 Å². The standard InChI is InChI=1S/C24H26N6O2/c1-32-16-15-27-17-20(25-18-27)23-26-22(21-9-5-6-10-30(21)23)24(31)29-13-11-28(12-14-29)19-7-3-2-4-8-19/h2-10,17-18H,11-16H2,1H3. The number of aromatic nitrogens is 4. The first-order valence-electron chi connectivity index (χ1n) is 10.8. The minimum absolute atomic E-state index is 0.0357. The Bertz CT molecular complexity index is 1210. The maximum atomic E-state index is 13.4. The predicted octanol–water partition coefficient (Wildman–Crippen LogP) is 2.81. The molecule has 0 spiro atoms. The van der Waals surface area contributed by atoms with Crippen molar-refractivity contribution in [2.24, 2.45) is 0 Å². The molecule has 1 aliphatic heterocycles. The van der Waals surface area contributed by atoms with Gasteiger partial charge in [-0.1, -0.05) is 24.3 Å². The number of hydrogen-bond donors (Lipinski definition) is 0. The fourth-order valence-electron chi connectivity index (χ4n) is 4.13. The average molecular weight is 431 g/mol. The molecule has 3 aromatic heterocycles. The molecule has 8 heteroatoms. The molecule has 0 saturated carbocycles. The van der Waals surface area contributed by atoms with E-state index in [4.69, 9.17) is 9.72 Å². The summed E-state index contributed by atoms with van der Waals surface area (Å²) in [5, 5.41) is 0. The number of para-hydroxylation sites is 1. The summed E-state index contributed by atoms with van der Waals surface area (Å²) in [6.07, 6.45) is 5.63. The lowest BCUT2D eigenvalue weighted by Crippen LogP contribution is -2.48. The summed E-state index contributed by atoms with van der Waals surface area (Å²) in [5.74, 6) is 0.634. The Balaban J connectivity index is 1.39. The number of pyridine rings is 1. The molecule has 1 fully saturated rings. The molecule has 5 rings (SSSR count). The molecule has 0 aliphatic carbocycles. The number of carbonyl (C=O) groups excluding carboxylic acids is 1. The van der Waals surface area contributed by atoms with Gasteiger partial charge in [-0.15, -0.1) is 0 Å². The molecule has 0 unspecified atom stereocenters. The number of imidazole rings is 2. The number of anilines is 1. The van der Waals surface area contributed by atoms with Crippen molar-refractivity contribution in [3.05, 3.63) is 72.9 Å². The lowest BCUT2D eigenvalue weighted by molar-refractivity contribution is 0.0743. The van der Waals surface area contributed by atoms with Crippen molar-refractivity contribution in [2.45, 2.75) is 6.54 Å². The van der Waals surface area contributed by atoms with Gasteiger partial charge in [-0.3, -0.25) is 9.20 Å². The molecule has 0 bridgehead atoms. The van der Waals surface area contributed by atoms with Crippen LogP contribution in [0.4, 0.5) is 5.69 Å². The van der Waals surface area contributed by atoms with Gasteiger partial charge in [0.15, 0.2) is 11.5 Å². The molecule has 4 aromatic rings. The highest BCUT2D eigenvalue weighted by Gasteiger charge is 2.27. The first kappa shape index (κ1) is 20.3. The Hall–Kier alpha value is -3.65. The minimum atomic E-state index is -0.0357. The van der Waals surface area contributed by atoms with Crippen LogP contribution in [0.2, 0.25) is 0 Å². The van der Waals surface area contributed by atoms with Crippen molar-refractivity contribution in [1.82, 2.24) is 23.8 Å². The molecule has 1 saturated heterocycles. The summed E-state index contributed by atoms with van der Waals surface area (Å²) in [7, 11) is 1.68. The fourth-order valence-corrected chi connectivity index (χ4v) is 4.13. The topological polar surface area (TPSA) is 67.9 Å². The SMILES string of the molecule is COCCn1cnc(-c2nc(C(=O)N3CCN(c4ccccc4)CC3)c3ccccn23)c1. The van der Waals surface area contributed by atoms with Gasteiger partial charge in [0.25, 0.3) is 5.91 Å². The van der Waals surface area contributed by atoms with Crippen molar-refractivity contribution < 1.29 is 9.53 Å². The van der Waals surface area contributed by atoms with Crippen LogP contribution < -0.4 is 4.90 Å². The van der Waals surface area contributed by atoms with Gasteiger partial charge in [0.05, 0.1) is 18.5 Å². The van der Waals surface area contributed by atoms with Crippen LogP contribution in [0.1, 0.15) is 10.5 Å². The van der Waals surface area contributed by atoms with Gasteiger partial charge in [-0.25, -0.2) is 9.97 Å². The van der Waals surface area contributed by atoms with Crippen LogP contribution in [-0.4, -0.2) is 69.6 Å². The van der Waals surface area contributed by atoms with E-state index in [2.05, 4.69) is 22.0 Å². The molecule has 0 radical (unpaired) electrons. The van der Waals surface area contributed by atoms with Crippen LogP contribution >= 0.6 is 0 Å². The van der Waals surface area contributed by atoms with Gasteiger partial charge in [0.1, 0.15) is 5.69 Å². The van der Waals surface area contributed by atoms with Crippen LogP contribution in [0.3, 0.4) is 0 Å². The minimum Gasteiger partial charge on any atom is -0.383 e. The van der Waals surface area contributed by atoms with Gasteiger partial charge < -0.3 is 19.1 Å². The van der Waals surface area contributed by atoms with Crippen LogP contribution in [0.5, 0.6) is 0 Å². The zero-order valence-electron chi connectivity index (χ0n) is 18.1. The first-order chi connectivity index (χ1) is 15.7. The number of methoxy groups -OCH3 is 1. The number of carbonyl (C=O) groups is 1. The van der Waals surface area contributed by atoms with Gasteiger partial charge in [-0.05, 0) is 24.3 Å². The highest BCUT2D eigenvalue weighted by Crippen LogP contribution is 2.24. The Labute approximate surface area is 186 Å². The highest BCUT2D eigenvalue weighted by atomic mass is 16.5. The molecule has 1 amide bonds. The molecular formula is C24H26N6O2. The van der Waals surface area contributed by atoms with Crippen molar-refractivity contribution >= 4 is 17.1 Å². The maximum Gasteiger partial charge on any atom is 0.274 e. The number of piperazine rings is 1. The molecular weight excluding hydrogens is 404 g/mol. The number of hydrogen-bond acceptors (Lipinski definition) is 5. The normalized spacial score (nSPS) is 14.3. The Morgan fingerprint density at radius 3 is 2.59 bits per heavy atom. The third kappa shape index (κ3) is 3.85. The van der Waals surface area contributed by atoms with E-state index < -0.39 is 0 Å². The first-order valence-corrected chi connectivity index (χ1v) is 10.8. The van der Waals surface area contributed by atoms with E-state index in [1.807, 2.05) is 62.7 Å². The monoisotopic (exact) mass is 430 g/mol. The number of amides is 1. The second-order valence-corrected chi connectivity index (χ2v) is 7.84. The van der Waals surface area contributed by atoms with E-state index in [0.717, 1.165) is 24.3 Å². The predicted molar refractivity (Wildman–Crippen MR) is 123 cm³/mol. The molecule has 8 nitrogen and oxygen atoms in total. The van der Waals surface area contributed by atoms with Crippen LogP contribution in [0, 0.1) is 0 Å². The third-order valence-electron chi connectivity index (χ3n) is 5.86. The molecule has 0 N–H and O–H groups in total. The van der Waals surface area contributed by atoms with E-state index in [0.29, 0.717) is 37.8 Å². The Kier molecular flexibility index (Phi) is 5.60. The van der Waals surface area contributed by atoms with Crippen molar-refractivity contribution in [1.29, 1.82) is 0 Å². The second kappa shape index (κ2) is 8.84. The quantitative estimate of drug-likeness (QED) is 0.471. The summed E-state index contributed by atoms with van der Waals surface area (Å²) < 4.78 is 9.05. The van der Waals surface area contributed by atoms with E-state index in [1.165, 1.54) is 5.69 Å². The largest absolute Gasteiger partial charge is 0.383 e. The smallest absolute Gasteiger partial charge is 0.274 e. The van der Waals surface area contributed by atoms with Crippen LogP contribution in [0.25, 0.3) is 17.0 Å². The Morgan fingerprint density at radius 2 is 1.81 bits per heavy atom. The summed E-state index contributed by atoms with van der Waals surface area (Å²) in [6.45, 7) is 4.26. The number of ether oxygens (including phenoxy) is 1. The summed E-state index contributed by atoms with van der Waals surface area (Å²) in [5.41, 5.74) is 3.19. The molecule has 1 aromatic carbocycles. The molecule has 164 valence electrons. The van der Waals surface area contributed by atoms with Crippen molar-refractivity contribution in [3.8, 4) is 11.5 Å². The molecule has 4 heterocycles. The summed E-state index contributed by atoms with van der Waals surface area (Å²) >= 11 is 0. The molecule has 1 aliphatic rings. The van der Waals surface area contributed by atoms with Crippen molar-refractivity contribution in [3.63, 3.8) is 0 Å². The average Bonchev–Trinajstić information content (AvgIpc) is 3.48. The van der Waals surface area contributed by atoms with Gasteiger partial charge in [0, 0.05) is 57.9 Å². The fraction of sp³-hybridized carbons (Fsp3) is 0.292. The lowest BCUT2D eigenvalue weighted by Gasteiger charge is -2.35. The highest BCUT2D eigenvalue weighted by molar-refractivity contribution is 6.00. The molecule has 0 atom stereocenters. The third-order valence-corrected chi connectivity index (χ3v) is 5.86. The van der Waals surface area contributed by atoms with Gasteiger partial charge in [-0.2, -0.15) is 0 Å². The number of nitrogens with zero attached hydrogens (tertiary/aromatic N) is 6. The molecule has 32 heavy (non-hydrogen) atoms. The Morgan fingerprint density at radius 1 is 1.03 bits per heavy atom. The number of benzene rings is 1. The van der Waals surface area contributed by atoms with Gasteiger partial charge in [0.2, 0.25) is 0 Å².